The van der Waals surface area contributed by atoms with Gasteiger partial charge in [-0.2, -0.15) is 22.8 Å². The molecule has 0 spiro atoms. The number of aromatic nitrogens is 5. The molecule has 3 heterocycles. The molecule has 0 atom stereocenters. The molecular formula is C17H12Cl2F3N5O. The number of rotatable bonds is 2. The van der Waals surface area contributed by atoms with Crippen molar-refractivity contribution >= 4 is 28.9 Å². The summed E-state index contributed by atoms with van der Waals surface area (Å²) in [6, 6.07) is 4.99. The molecular weight excluding hydrogens is 418 g/mol. The van der Waals surface area contributed by atoms with Gasteiger partial charge in [0, 0.05) is 10.6 Å². The van der Waals surface area contributed by atoms with Crippen LogP contribution in [-0.2, 0) is 6.18 Å². The van der Waals surface area contributed by atoms with E-state index in [1.54, 1.807) is 32.0 Å². The van der Waals surface area contributed by atoms with E-state index < -0.39 is 12.0 Å². The minimum absolute atomic E-state index is 0.0606. The number of halogens is 5. The van der Waals surface area contributed by atoms with Gasteiger partial charge in [-0.3, -0.25) is 0 Å². The average Bonchev–Trinajstić information content (AvgIpc) is 3.19. The van der Waals surface area contributed by atoms with Crippen molar-refractivity contribution in [2.24, 2.45) is 0 Å². The SMILES string of the molecule is Cc1nn2c(-c3ccc(Cl)cc3Cl)c(C)oc2c1-n1nc(C(F)(F)F)nc1C. The van der Waals surface area contributed by atoms with Gasteiger partial charge < -0.3 is 4.42 Å². The molecule has 0 bridgehead atoms. The second-order valence-corrected chi connectivity index (χ2v) is 7.02. The van der Waals surface area contributed by atoms with Crippen LogP contribution >= 0.6 is 23.2 Å². The van der Waals surface area contributed by atoms with Crippen molar-refractivity contribution in [3.8, 4) is 16.9 Å². The predicted octanol–water partition coefficient (Wildman–Crippen LogP) is 5.43. The highest BCUT2D eigenvalue weighted by Crippen LogP contribution is 2.36. The molecule has 0 unspecified atom stereocenters. The lowest BCUT2D eigenvalue weighted by Gasteiger charge is -2.03. The molecule has 0 radical (unpaired) electrons. The maximum absolute atomic E-state index is 13.0. The van der Waals surface area contributed by atoms with E-state index in [9.17, 15) is 13.2 Å². The first-order valence-corrected chi connectivity index (χ1v) is 8.79. The molecule has 11 heteroatoms. The normalized spacial score (nSPS) is 12.3. The number of fused-ring (bicyclic) bond motifs is 1. The van der Waals surface area contributed by atoms with E-state index in [1.165, 1.54) is 11.4 Å². The Bertz CT molecular complexity index is 1220. The van der Waals surface area contributed by atoms with E-state index in [4.69, 9.17) is 27.6 Å². The Morgan fingerprint density at radius 1 is 1.07 bits per heavy atom. The third-order valence-corrected chi connectivity index (χ3v) is 4.75. The minimum atomic E-state index is -4.66. The number of hydrogen-bond donors (Lipinski definition) is 0. The third kappa shape index (κ3) is 2.85. The molecule has 0 saturated carbocycles. The van der Waals surface area contributed by atoms with Crippen LogP contribution in [0.2, 0.25) is 10.0 Å². The molecule has 146 valence electrons. The zero-order valence-corrected chi connectivity index (χ0v) is 16.3. The van der Waals surface area contributed by atoms with Gasteiger partial charge in [0.05, 0.1) is 10.7 Å². The first kappa shape index (κ1) is 18.8. The Kier molecular flexibility index (Phi) is 4.20. The maximum atomic E-state index is 13.0. The largest absolute Gasteiger partial charge is 0.453 e. The molecule has 28 heavy (non-hydrogen) atoms. The van der Waals surface area contributed by atoms with Gasteiger partial charge in [-0.05, 0) is 39.0 Å². The van der Waals surface area contributed by atoms with E-state index in [0.717, 1.165) is 4.68 Å². The molecule has 0 aliphatic carbocycles. The van der Waals surface area contributed by atoms with Crippen LogP contribution in [0.15, 0.2) is 22.6 Å². The highest BCUT2D eigenvalue weighted by Gasteiger charge is 2.37. The van der Waals surface area contributed by atoms with Crippen LogP contribution in [0.1, 0.15) is 23.1 Å². The van der Waals surface area contributed by atoms with Gasteiger partial charge in [-0.1, -0.05) is 23.2 Å². The first-order valence-electron chi connectivity index (χ1n) is 8.03. The second-order valence-electron chi connectivity index (χ2n) is 6.17. The zero-order valence-electron chi connectivity index (χ0n) is 14.8. The number of hydrogen-bond acceptors (Lipinski definition) is 4. The summed E-state index contributed by atoms with van der Waals surface area (Å²) in [5, 5.41) is 8.89. The molecule has 0 N–H and O–H groups in total. The van der Waals surface area contributed by atoms with Gasteiger partial charge in [0.25, 0.3) is 5.82 Å². The summed E-state index contributed by atoms with van der Waals surface area (Å²) in [4.78, 5) is 3.51. The van der Waals surface area contributed by atoms with Crippen molar-refractivity contribution < 1.29 is 17.6 Å². The number of aryl methyl sites for hydroxylation is 3. The number of oxazole rings is 1. The van der Waals surface area contributed by atoms with Crippen molar-refractivity contribution in [2.75, 3.05) is 0 Å². The Morgan fingerprint density at radius 2 is 1.79 bits per heavy atom. The molecule has 6 nitrogen and oxygen atoms in total. The van der Waals surface area contributed by atoms with E-state index in [2.05, 4.69) is 15.2 Å². The monoisotopic (exact) mass is 429 g/mol. The van der Waals surface area contributed by atoms with Crippen molar-refractivity contribution in [3.05, 3.63) is 51.3 Å². The maximum Gasteiger partial charge on any atom is 0.453 e. The molecule has 4 rings (SSSR count). The summed E-state index contributed by atoms with van der Waals surface area (Å²) in [6.45, 7) is 4.79. The highest BCUT2D eigenvalue weighted by atomic mass is 35.5. The van der Waals surface area contributed by atoms with Gasteiger partial charge in [0.2, 0.25) is 5.71 Å². The fourth-order valence-corrected chi connectivity index (χ4v) is 3.53. The second kappa shape index (κ2) is 6.25. The van der Waals surface area contributed by atoms with Crippen LogP contribution in [0.3, 0.4) is 0 Å². The highest BCUT2D eigenvalue weighted by molar-refractivity contribution is 6.36. The third-order valence-electron chi connectivity index (χ3n) is 4.20. The van der Waals surface area contributed by atoms with Crippen molar-refractivity contribution in [2.45, 2.75) is 26.9 Å². The Hall–Kier alpha value is -2.52. The van der Waals surface area contributed by atoms with Crippen molar-refractivity contribution in [1.29, 1.82) is 0 Å². The van der Waals surface area contributed by atoms with Crippen LogP contribution in [0.5, 0.6) is 0 Å². The summed E-state index contributed by atoms with van der Waals surface area (Å²) < 4.78 is 47.4. The summed E-state index contributed by atoms with van der Waals surface area (Å²) in [6.07, 6.45) is -4.66. The topological polar surface area (TPSA) is 61.2 Å². The van der Waals surface area contributed by atoms with Gasteiger partial charge in [0.15, 0.2) is 5.69 Å². The molecule has 3 aromatic heterocycles. The standard InChI is InChI=1S/C17H12Cl2F3N5O/c1-7-13(26-9(3)23-16(25-26)17(20,21)22)15-27(24-7)14(8(2)28-15)11-5-4-10(18)6-12(11)19/h4-6H,1-3H3. The van der Waals surface area contributed by atoms with E-state index in [0.29, 0.717) is 32.8 Å². The Balaban J connectivity index is 1.97. The van der Waals surface area contributed by atoms with Gasteiger partial charge in [-0.15, -0.1) is 5.10 Å². The fraction of sp³-hybridized carbons (Fsp3) is 0.235. The Labute approximate surface area is 166 Å². The predicted molar refractivity (Wildman–Crippen MR) is 97.0 cm³/mol. The summed E-state index contributed by atoms with van der Waals surface area (Å²) in [5.74, 6) is -0.680. The zero-order chi connectivity index (χ0) is 20.4. The molecule has 4 aromatic rings. The van der Waals surface area contributed by atoms with Crippen LogP contribution in [0, 0.1) is 20.8 Å². The lowest BCUT2D eigenvalue weighted by atomic mass is 10.1. The summed E-state index contributed by atoms with van der Waals surface area (Å²) in [5.41, 5.74) is 2.13. The van der Waals surface area contributed by atoms with Gasteiger partial charge in [0.1, 0.15) is 17.3 Å². The molecule has 0 aliphatic rings. The summed E-state index contributed by atoms with van der Waals surface area (Å²) >= 11 is 12.3. The van der Waals surface area contributed by atoms with E-state index in [-0.39, 0.29) is 17.2 Å². The molecule has 1 aromatic carbocycles. The molecule has 0 saturated heterocycles. The van der Waals surface area contributed by atoms with Crippen LogP contribution in [0.4, 0.5) is 13.2 Å². The Morgan fingerprint density at radius 3 is 2.39 bits per heavy atom. The van der Waals surface area contributed by atoms with Gasteiger partial charge in [-0.25, -0.2) is 9.67 Å². The quantitative estimate of drug-likeness (QED) is 0.426. The lowest BCUT2D eigenvalue weighted by molar-refractivity contribution is -0.144. The molecule has 0 amide bonds. The number of benzene rings is 1. The van der Waals surface area contributed by atoms with Crippen LogP contribution in [-0.4, -0.2) is 24.4 Å². The van der Waals surface area contributed by atoms with Crippen molar-refractivity contribution in [1.82, 2.24) is 24.4 Å². The molecule has 0 fully saturated rings. The van der Waals surface area contributed by atoms with Crippen molar-refractivity contribution in [3.63, 3.8) is 0 Å². The lowest BCUT2D eigenvalue weighted by Crippen LogP contribution is -2.08. The van der Waals surface area contributed by atoms with Gasteiger partial charge >= 0.3 is 6.18 Å². The smallest absolute Gasteiger partial charge is 0.439 e. The minimum Gasteiger partial charge on any atom is -0.439 e. The number of alkyl halides is 3. The number of nitrogens with zero attached hydrogens (tertiary/aromatic N) is 5. The summed E-state index contributed by atoms with van der Waals surface area (Å²) in [7, 11) is 0. The average molecular weight is 430 g/mol. The van der Waals surface area contributed by atoms with Crippen LogP contribution in [0.25, 0.3) is 22.7 Å². The van der Waals surface area contributed by atoms with E-state index in [1.807, 2.05) is 0 Å². The first-order chi connectivity index (χ1) is 13.1. The van der Waals surface area contributed by atoms with Crippen LogP contribution < -0.4 is 0 Å². The fourth-order valence-electron chi connectivity index (χ4n) is 3.03. The van der Waals surface area contributed by atoms with E-state index >= 15 is 0 Å². The molecule has 0 aliphatic heterocycles.